The summed E-state index contributed by atoms with van der Waals surface area (Å²) < 4.78 is 0. The van der Waals surface area contributed by atoms with Gasteiger partial charge < -0.3 is 15.9 Å². The minimum atomic E-state index is -1.24. The van der Waals surface area contributed by atoms with E-state index >= 15 is 0 Å². The van der Waals surface area contributed by atoms with Crippen molar-refractivity contribution in [1.82, 2.24) is 0 Å². The van der Waals surface area contributed by atoms with Crippen LogP contribution in [0, 0.1) is 0 Å². The minimum absolute atomic E-state index is 0.324. The third-order valence-electron chi connectivity index (χ3n) is 4.46. The number of benzene rings is 1. The molecule has 1 rings (SSSR count). The first kappa shape index (κ1) is 20.4. The molecule has 0 fully saturated rings. The van der Waals surface area contributed by atoms with Crippen molar-refractivity contribution in [3.63, 3.8) is 0 Å². The second-order valence-corrected chi connectivity index (χ2v) is 6.98. The van der Waals surface area contributed by atoms with Crippen LogP contribution in [0.5, 0.6) is 0 Å². The van der Waals surface area contributed by atoms with Crippen LogP contribution in [-0.2, 0) is 12.8 Å². The van der Waals surface area contributed by atoms with Crippen LogP contribution < -0.4 is 5.73 Å². The molecule has 1 aromatic carbocycles. The third kappa shape index (κ3) is 7.67. The maximum atomic E-state index is 9.49. The van der Waals surface area contributed by atoms with Gasteiger partial charge in [0, 0.05) is 0 Å². The van der Waals surface area contributed by atoms with E-state index in [9.17, 15) is 10.2 Å². The van der Waals surface area contributed by atoms with Crippen LogP contribution in [0.3, 0.4) is 0 Å². The molecule has 0 aromatic heterocycles. The molecule has 1 aromatic rings. The number of alkyl halides is 1. The third-order valence-corrected chi connectivity index (χ3v) is 4.89. The van der Waals surface area contributed by atoms with Gasteiger partial charge in [-0.05, 0) is 36.8 Å². The van der Waals surface area contributed by atoms with Gasteiger partial charge in [0.15, 0.2) is 0 Å². The van der Waals surface area contributed by atoms with Gasteiger partial charge in [0.25, 0.3) is 0 Å². The monoisotopic (exact) mass is 341 g/mol. The Labute approximate surface area is 145 Å². The van der Waals surface area contributed by atoms with Gasteiger partial charge in [-0.25, -0.2) is 0 Å². The van der Waals surface area contributed by atoms with E-state index in [0.717, 1.165) is 6.42 Å². The lowest BCUT2D eigenvalue weighted by atomic mass is 9.92. The summed E-state index contributed by atoms with van der Waals surface area (Å²) in [6.07, 6.45) is 10.1. The smallest absolute Gasteiger partial charge is 0.148 e. The van der Waals surface area contributed by atoms with Crippen molar-refractivity contribution < 1.29 is 10.2 Å². The van der Waals surface area contributed by atoms with Gasteiger partial charge in [-0.15, -0.1) is 0 Å². The van der Waals surface area contributed by atoms with E-state index in [4.69, 9.17) is 17.3 Å². The average Bonchev–Trinajstić information content (AvgIpc) is 2.56. The van der Waals surface area contributed by atoms with Crippen LogP contribution in [0.15, 0.2) is 24.3 Å². The summed E-state index contributed by atoms with van der Waals surface area (Å²) in [5.41, 5.74) is 6.07. The Balaban J connectivity index is 2.41. The van der Waals surface area contributed by atoms with E-state index in [1.54, 1.807) is 0 Å². The van der Waals surface area contributed by atoms with Crippen LogP contribution in [0.25, 0.3) is 0 Å². The van der Waals surface area contributed by atoms with E-state index in [2.05, 4.69) is 31.2 Å². The topological polar surface area (TPSA) is 66.5 Å². The van der Waals surface area contributed by atoms with Crippen molar-refractivity contribution in [3.05, 3.63) is 35.4 Å². The van der Waals surface area contributed by atoms with Crippen LogP contribution in [0.1, 0.15) is 63.0 Å². The number of rotatable bonds is 12. The van der Waals surface area contributed by atoms with Gasteiger partial charge in [-0.2, -0.15) is 0 Å². The number of aryl methyl sites for hydroxylation is 2. The lowest BCUT2D eigenvalue weighted by molar-refractivity contribution is 0.0887. The van der Waals surface area contributed by atoms with Crippen LogP contribution >= 0.6 is 11.6 Å². The number of nitrogens with two attached hydrogens (primary N) is 1. The first-order chi connectivity index (χ1) is 11.0. The molecule has 0 aliphatic rings. The van der Waals surface area contributed by atoms with Gasteiger partial charge in [0.1, 0.15) is 5.56 Å². The Morgan fingerprint density at radius 2 is 1.70 bits per heavy atom. The normalized spacial score (nSPS) is 15.3. The standard InChI is InChI=1S/C19H32ClNO2/c1-2-3-4-5-6-7-9-16-10-8-11-17(14-16)12-13-19(21,15-22)18(20)23/h8,10-11,14,18,22-23H,2-7,9,12-13,15,21H2,1H3. The van der Waals surface area contributed by atoms with Gasteiger partial charge in [-0.1, -0.05) is 74.9 Å². The molecule has 0 radical (unpaired) electrons. The summed E-state index contributed by atoms with van der Waals surface area (Å²) in [7, 11) is 0. The number of aliphatic hydroxyl groups is 2. The predicted octanol–water partition coefficient (Wildman–Crippen LogP) is 3.77. The molecule has 132 valence electrons. The van der Waals surface area contributed by atoms with Crippen LogP contribution in [-0.4, -0.2) is 27.9 Å². The summed E-state index contributed by atoms with van der Waals surface area (Å²) in [6.45, 7) is 1.91. The Morgan fingerprint density at radius 1 is 1.09 bits per heavy atom. The molecule has 0 saturated carbocycles. The van der Waals surface area contributed by atoms with E-state index < -0.39 is 11.1 Å². The zero-order chi connectivity index (χ0) is 17.1. The molecule has 0 heterocycles. The number of halogens is 1. The van der Waals surface area contributed by atoms with Crippen LogP contribution in [0.4, 0.5) is 0 Å². The quantitative estimate of drug-likeness (QED) is 0.400. The van der Waals surface area contributed by atoms with Gasteiger partial charge in [0.2, 0.25) is 0 Å². The number of unbranched alkanes of at least 4 members (excludes halogenated alkanes) is 5. The van der Waals surface area contributed by atoms with Crippen molar-refractivity contribution in [1.29, 1.82) is 0 Å². The van der Waals surface area contributed by atoms with E-state index in [1.165, 1.54) is 49.7 Å². The molecule has 4 N–H and O–H groups in total. The molecule has 0 bridgehead atoms. The Bertz CT molecular complexity index is 439. The zero-order valence-corrected chi connectivity index (χ0v) is 15.1. The Kier molecular flexibility index (Phi) is 9.80. The number of hydrogen-bond acceptors (Lipinski definition) is 3. The van der Waals surface area contributed by atoms with Gasteiger partial charge in [0.05, 0.1) is 12.1 Å². The Hall–Kier alpha value is -0.610. The molecule has 4 heteroatoms. The predicted molar refractivity (Wildman–Crippen MR) is 97.7 cm³/mol. The van der Waals surface area contributed by atoms with Crippen molar-refractivity contribution in [2.75, 3.05) is 6.61 Å². The van der Waals surface area contributed by atoms with Crippen molar-refractivity contribution in [2.45, 2.75) is 75.8 Å². The minimum Gasteiger partial charge on any atom is -0.394 e. The highest BCUT2D eigenvalue weighted by Crippen LogP contribution is 2.19. The highest BCUT2D eigenvalue weighted by Gasteiger charge is 2.31. The molecule has 0 aliphatic carbocycles. The molecule has 2 unspecified atom stereocenters. The molecule has 23 heavy (non-hydrogen) atoms. The molecule has 0 aliphatic heterocycles. The number of aliphatic hydroxyl groups excluding tert-OH is 2. The maximum absolute atomic E-state index is 9.49. The van der Waals surface area contributed by atoms with Gasteiger partial charge in [-0.3, -0.25) is 0 Å². The van der Waals surface area contributed by atoms with Crippen LogP contribution in [0.2, 0.25) is 0 Å². The molecular formula is C19H32ClNO2. The zero-order valence-electron chi connectivity index (χ0n) is 14.3. The van der Waals surface area contributed by atoms with Crippen molar-refractivity contribution >= 4 is 11.6 Å². The molecule has 0 amide bonds. The highest BCUT2D eigenvalue weighted by atomic mass is 35.5. The summed E-state index contributed by atoms with van der Waals surface area (Å²) in [5.74, 6) is 0. The molecular weight excluding hydrogens is 310 g/mol. The Morgan fingerprint density at radius 3 is 2.30 bits per heavy atom. The van der Waals surface area contributed by atoms with Crippen molar-refractivity contribution in [3.8, 4) is 0 Å². The fraction of sp³-hybridized carbons (Fsp3) is 0.684. The second kappa shape index (κ2) is 11.0. The lowest BCUT2D eigenvalue weighted by Crippen LogP contribution is -2.52. The second-order valence-electron chi connectivity index (χ2n) is 6.56. The average molecular weight is 342 g/mol. The molecule has 0 saturated heterocycles. The van der Waals surface area contributed by atoms with E-state index in [0.29, 0.717) is 12.8 Å². The summed E-state index contributed by atoms with van der Waals surface area (Å²) in [6, 6.07) is 8.48. The largest absolute Gasteiger partial charge is 0.394 e. The van der Waals surface area contributed by atoms with Crippen molar-refractivity contribution in [2.24, 2.45) is 5.73 Å². The maximum Gasteiger partial charge on any atom is 0.148 e. The molecule has 2 atom stereocenters. The SMILES string of the molecule is CCCCCCCCc1cccc(CCC(N)(CO)C(O)Cl)c1. The highest BCUT2D eigenvalue weighted by molar-refractivity contribution is 6.20. The summed E-state index contributed by atoms with van der Waals surface area (Å²) >= 11 is 5.67. The lowest BCUT2D eigenvalue weighted by Gasteiger charge is -2.28. The fourth-order valence-electron chi connectivity index (χ4n) is 2.70. The molecule has 3 nitrogen and oxygen atoms in total. The first-order valence-corrected chi connectivity index (χ1v) is 9.25. The fourth-order valence-corrected chi connectivity index (χ4v) is 2.88. The van der Waals surface area contributed by atoms with E-state index in [-0.39, 0.29) is 6.61 Å². The molecule has 0 spiro atoms. The number of hydrogen-bond donors (Lipinski definition) is 3. The first-order valence-electron chi connectivity index (χ1n) is 8.81. The summed E-state index contributed by atoms with van der Waals surface area (Å²) in [5, 5.41) is 18.8. The summed E-state index contributed by atoms with van der Waals surface area (Å²) in [4.78, 5) is 0. The van der Waals surface area contributed by atoms with E-state index in [1.807, 2.05) is 0 Å². The van der Waals surface area contributed by atoms with Gasteiger partial charge >= 0.3 is 0 Å².